The van der Waals surface area contributed by atoms with Crippen LogP contribution in [0.15, 0.2) is 30.5 Å². The molecule has 17 heavy (non-hydrogen) atoms. The molecule has 4 nitrogen and oxygen atoms in total. The minimum atomic E-state index is -0.836. The Hall–Kier alpha value is -2.10. The number of hydrogen-bond acceptors (Lipinski definition) is 2. The molecule has 0 radical (unpaired) electrons. The summed E-state index contributed by atoms with van der Waals surface area (Å²) in [6, 6.07) is 7.89. The number of aromatic nitrogens is 2. The first kappa shape index (κ1) is 11.4. The van der Waals surface area contributed by atoms with Crippen molar-refractivity contribution < 1.29 is 9.90 Å². The van der Waals surface area contributed by atoms with Crippen LogP contribution in [-0.4, -0.2) is 20.9 Å². The van der Waals surface area contributed by atoms with Gasteiger partial charge >= 0.3 is 5.97 Å². The van der Waals surface area contributed by atoms with Gasteiger partial charge in [-0.1, -0.05) is 18.2 Å². The number of para-hydroxylation sites is 1. The van der Waals surface area contributed by atoms with Crippen LogP contribution in [0.3, 0.4) is 0 Å². The lowest BCUT2D eigenvalue weighted by atomic mass is 10.1. The number of hydrogen-bond donors (Lipinski definition) is 1. The van der Waals surface area contributed by atoms with Crippen LogP contribution in [0, 0.1) is 13.8 Å². The van der Waals surface area contributed by atoms with Crippen LogP contribution in [-0.2, 0) is 11.2 Å². The van der Waals surface area contributed by atoms with Gasteiger partial charge in [-0.2, -0.15) is 5.10 Å². The van der Waals surface area contributed by atoms with Gasteiger partial charge in [-0.25, -0.2) is 4.68 Å². The minimum absolute atomic E-state index is 0.0116. The van der Waals surface area contributed by atoms with Crippen LogP contribution in [0.5, 0.6) is 0 Å². The normalized spacial score (nSPS) is 10.5. The Morgan fingerprint density at radius 2 is 2.06 bits per heavy atom. The van der Waals surface area contributed by atoms with Crippen molar-refractivity contribution in [1.29, 1.82) is 0 Å². The number of aliphatic carboxylic acids is 1. The van der Waals surface area contributed by atoms with Gasteiger partial charge in [-0.3, -0.25) is 4.79 Å². The van der Waals surface area contributed by atoms with Crippen molar-refractivity contribution in [2.24, 2.45) is 0 Å². The van der Waals surface area contributed by atoms with Crippen LogP contribution >= 0.6 is 0 Å². The Morgan fingerprint density at radius 3 is 2.71 bits per heavy atom. The van der Waals surface area contributed by atoms with Gasteiger partial charge in [0.25, 0.3) is 0 Å². The molecule has 0 aliphatic rings. The van der Waals surface area contributed by atoms with Crippen LogP contribution < -0.4 is 0 Å². The molecule has 0 saturated heterocycles. The number of carbonyl (C=O) groups is 1. The van der Waals surface area contributed by atoms with E-state index in [4.69, 9.17) is 5.11 Å². The first-order chi connectivity index (χ1) is 8.09. The molecule has 1 aromatic carbocycles. The van der Waals surface area contributed by atoms with Gasteiger partial charge in [0.1, 0.15) is 0 Å². The number of carboxylic acids is 1. The van der Waals surface area contributed by atoms with Crippen molar-refractivity contribution in [2.75, 3.05) is 0 Å². The van der Waals surface area contributed by atoms with E-state index in [-0.39, 0.29) is 6.42 Å². The van der Waals surface area contributed by atoms with Crippen molar-refractivity contribution in [1.82, 2.24) is 9.78 Å². The molecule has 0 bridgehead atoms. The van der Waals surface area contributed by atoms with Crippen LogP contribution in [0.1, 0.15) is 16.8 Å². The van der Waals surface area contributed by atoms with Crippen molar-refractivity contribution in [2.45, 2.75) is 20.3 Å². The van der Waals surface area contributed by atoms with Gasteiger partial charge < -0.3 is 5.11 Å². The minimum Gasteiger partial charge on any atom is -0.481 e. The van der Waals surface area contributed by atoms with Gasteiger partial charge in [0.15, 0.2) is 0 Å². The molecule has 4 heteroatoms. The quantitative estimate of drug-likeness (QED) is 0.878. The molecule has 0 saturated carbocycles. The lowest BCUT2D eigenvalue weighted by molar-refractivity contribution is -0.136. The molecule has 2 rings (SSSR count). The van der Waals surface area contributed by atoms with E-state index < -0.39 is 5.97 Å². The summed E-state index contributed by atoms with van der Waals surface area (Å²) in [7, 11) is 0. The zero-order valence-electron chi connectivity index (χ0n) is 9.84. The summed E-state index contributed by atoms with van der Waals surface area (Å²) in [5.41, 5.74) is 3.73. The summed E-state index contributed by atoms with van der Waals surface area (Å²) in [5, 5.41) is 13.0. The Bertz CT molecular complexity index is 558. The summed E-state index contributed by atoms with van der Waals surface area (Å²) in [4.78, 5) is 10.7. The topological polar surface area (TPSA) is 55.1 Å². The fourth-order valence-corrected chi connectivity index (χ4v) is 1.82. The molecule has 0 amide bonds. The van der Waals surface area contributed by atoms with Crippen molar-refractivity contribution >= 4 is 5.97 Å². The molecule has 1 heterocycles. The first-order valence-electron chi connectivity index (χ1n) is 5.41. The van der Waals surface area contributed by atoms with Crippen molar-refractivity contribution in [3.8, 4) is 5.69 Å². The van der Waals surface area contributed by atoms with E-state index in [1.54, 1.807) is 10.9 Å². The molecule has 1 aromatic heterocycles. The standard InChI is InChI=1S/C13H14N2O2/c1-9-5-3-4-6-12(9)15-10(2)11(8-14-15)7-13(16)17/h3-6,8H,7H2,1-2H3,(H,16,17). The van der Waals surface area contributed by atoms with E-state index in [0.29, 0.717) is 0 Å². The second kappa shape index (κ2) is 4.41. The van der Waals surface area contributed by atoms with Gasteiger partial charge in [-0.15, -0.1) is 0 Å². The third-order valence-electron chi connectivity index (χ3n) is 2.80. The second-order valence-electron chi connectivity index (χ2n) is 4.02. The molecule has 0 aliphatic heterocycles. The van der Waals surface area contributed by atoms with Crippen molar-refractivity contribution in [3.05, 3.63) is 47.3 Å². The Kier molecular flexibility index (Phi) is 2.95. The third kappa shape index (κ3) is 2.20. The first-order valence-corrected chi connectivity index (χ1v) is 5.41. The zero-order chi connectivity index (χ0) is 12.4. The maximum Gasteiger partial charge on any atom is 0.307 e. The summed E-state index contributed by atoms with van der Waals surface area (Å²) >= 11 is 0. The van der Waals surface area contributed by atoms with E-state index in [9.17, 15) is 4.79 Å². The maximum atomic E-state index is 10.7. The number of rotatable bonds is 3. The van der Waals surface area contributed by atoms with Gasteiger partial charge in [-0.05, 0) is 25.5 Å². The highest BCUT2D eigenvalue weighted by Gasteiger charge is 2.11. The van der Waals surface area contributed by atoms with Gasteiger partial charge in [0, 0.05) is 11.3 Å². The van der Waals surface area contributed by atoms with E-state index in [1.807, 2.05) is 38.1 Å². The molecular weight excluding hydrogens is 216 g/mol. The van der Waals surface area contributed by atoms with Gasteiger partial charge in [0.2, 0.25) is 0 Å². The smallest absolute Gasteiger partial charge is 0.307 e. The number of aryl methyl sites for hydroxylation is 1. The lowest BCUT2D eigenvalue weighted by Gasteiger charge is -2.08. The molecule has 0 aliphatic carbocycles. The average Bonchev–Trinajstić information content (AvgIpc) is 2.61. The second-order valence-corrected chi connectivity index (χ2v) is 4.02. The molecule has 1 N–H and O–H groups in total. The van der Waals surface area contributed by atoms with Crippen LogP contribution in [0.2, 0.25) is 0 Å². The number of nitrogens with zero attached hydrogens (tertiary/aromatic N) is 2. The third-order valence-corrected chi connectivity index (χ3v) is 2.80. The summed E-state index contributed by atoms with van der Waals surface area (Å²) < 4.78 is 1.79. The monoisotopic (exact) mass is 230 g/mol. The average molecular weight is 230 g/mol. The molecule has 2 aromatic rings. The predicted octanol–water partition coefficient (Wildman–Crippen LogP) is 2.12. The maximum absolute atomic E-state index is 10.7. The van der Waals surface area contributed by atoms with E-state index in [1.165, 1.54) is 0 Å². The predicted molar refractivity (Wildman–Crippen MR) is 64.4 cm³/mol. The van der Waals surface area contributed by atoms with Gasteiger partial charge in [0.05, 0.1) is 18.3 Å². The molecule has 0 atom stereocenters. The highest BCUT2D eigenvalue weighted by Crippen LogP contribution is 2.17. The lowest BCUT2D eigenvalue weighted by Crippen LogP contribution is -2.04. The number of benzene rings is 1. The largest absolute Gasteiger partial charge is 0.481 e. The molecule has 0 unspecified atom stereocenters. The Morgan fingerprint density at radius 1 is 1.35 bits per heavy atom. The fraction of sp³-hybridized carbons (Fsp3) is 0.231. The zero-order valence-corrected chi connectivity index (χ0v) is 9.84. The Labute approximate surface area is 99.5 Å². The molecule has 0 fully saturated rings. The number of carboxylic acid groups (broad SMARTS) is 1. The molecule has 0 spiro atoms. The summed E-state index contributed by atoms with van der Waals surface area (Å²) in [6.07, 6.45) is 1.63. The van der Waals surface area contributed by atoms with Crippen LogP contribution in [0.4, 0.5) is 0 Å². The highest BCUT2D eigenvalue weighted by molar-refractivity contribution is 5.70. The Balaban J connectivity index is 2.44. The van der Waals surface area contributed by atoms with Crippen LogP contribution in [0.25, 0.3) is 5.69 Å². The molecule has 88 valence electrons. The summed E-state index contributed by atoms with van der Waals surface area (Å²) in [5.74, 6) is -0.836. The highest BCUT2D eigenvalue weighted by atomic mass is 16.4. The van der Waals surface area contributed by atoms with E-state index in [2.05, 4.69) is 5.10 Å². The SMILES string of the molecule is Cc1ccccc1-n1ncc(CC(=O)O)c1C. The summed E-state index contributed by atoms with van der Waals surface area (Å²) in [6.45, 7) is 3.89. The van der Waals surface area contributed by atoms with E-state index in [0.717, 1.165) is 22.5 Å². The molecular formula is C13H14N2O2. The van der Waals surface area contributed by atoms with Crippen molar-refractivity contribution in [3.63, 3.8) is 0 Å². The van der Waals surface area contributed by atoms with E-state index >= 15 is 0 Å². The fourth-order valence-electron chi connectivity index (χ4n) is 1.82.